The smallest absolute Gasteiger partial charge is 0.273 e. The molecule has 0 bridgehead atoms. The molecule has 1 fully saturated rings. The standard InChI is InChI=1S/C20H25N7O.ClH/c1-14-18(15(2)27(24-14)17-6-4-3-5-7-17)12-22-20(28)19-13-26(25-23-19)16-8-10-21-11-9-16;/h3-7,13,16,21H,8-12H2,1-2H3,(H,22,28);1H. The first-order valence-electron chi connectivity index (χ1n) is 9.65. The van der Waals surface area contributed by atoms with Gasteiger partial charge >= 0.3 is 0 Å². The summed E-state index contributed by atoms with van der Waals surface area (Å²) in [5.41, 5.74) is 4.29. The summed E-state index contributed by atoms with van der Waals surface area (Å²) in [6.07, 6.45) is 3.75. The zero-order valence-electron chi connectivity index (χ0n) is 16.6. The van der Waals surface area contributed by atoms with Gasteiger partial charge in [0.2, 0.25) is 0 Å². The number of nitrogens with one attached hydrogen (secondary N) is 2. The molecule has 2 N–H and O–H groups in total. The molecule has 154 valence electrons. The van der Waals surface area contributed by atoms with Crippen LogP contribution in [0.1, 0.15) is 46.3 Å². The Morgan fingerprint density at radius 2 is 1.93 bits per heavy atom. The van der Waals surface area contributed by atoms with Gasteiger partial charge in [-0.25, -0.2) is 9.36 Å². The lowest BCUT2D eigenvalue weighted by molar-refractivity contribution is 0.0945. The van der Waals surface area contributed by atoms with Crippen LogP contribution in [0.15, 0.2) is 36.5 Å². The third-order valence-corrected chi connectivity index (χ3v) is 5.29. The second kappa shape index (κ2) is 9.19. The van der Waals surface area contributed by atoms with E-state index < -0.39 is 0 Å². The predicted octanol–water partition coefficient (Wildman–Crippen LogP) is 2.36. The van der Waals surface area contributed by atoms with E-state index in [9.17, 15) is 4.79 Å². The van der Waals surface area contributed by atoms with Crippen molar-refractivity contribution < 1.29 is 4.79 Å². The number of carbonyl (C=O) groups excluding carboxylic acids is 1. The maximum Gasteiger partial charge on any atom is 0.273 e. The maximum absolute atomic E-state index is 12.5. The Morgan fingerprint density at radius 1 is 1.21 bits per heavy atom. The van der Waals surface area contributed by atoms with Crippen LogP contribution in [0.5, 0.6) is 0 Å². The first kappa shape index (κ1) is 21.0. The minimum Gasteiger partial charge on any atom is -0.346 e. The second-order valence-electron chi connectivity index (χ2n) is 7.14. The van der Waals surface area contributed by atoms with E-state index in [0.29, 0.717) is 18.3 Å². The molecule has 3 aromatic rings. The van der Waals surface area contributed by atoms with Gasteiger partial charge in [-0.3, -0.25) is 4.79 Å². The molecule has 8 nitrogen and oxygen atoms in total. The first-order valence-corrected chi connectivity index (χ1v) is 9.65. The first-order chi connectivity index (χ1) is 13.6. The molecule has 3 heterocycles. The number of nitrogens with zero attached hydrogens (tertiary/aromatic N) is 5. The molecule has 9 heteroatoms. The van der Waals surface area contributed by atoms with Crippen LogP contribution in [0.4, 0.5) is 0 Å². The Bertz CT molecular complexity index is 961. The highest BCUT2D eigenvalue weighted by Crippen LogP contribution is 2.19. The molecule has 1 saturated heterocycles. The van der Waals surface area contributed by atoms with Crippen LogP contribution in [0, 0.1) is 13.8 Å². The molecule has 0 radical (unpaired) electrons. The molecular formula is C20H26ClN7O. The summed E-state index contributed by atoms with van der Waals surface area (Å²) < 4.78 is 3.73. The molecule has 2 aromatic heterocycles. The minimum atomic E-state index is -0.216. The van der Waals surface area contributed by atoms with E-state index in [1.807, 2.05) is 53.5 Å². The summed E-state index contributed by atoms with van der Waals surface area (Å²) in [6, 6.07) is 10.3. The molecule has 1 amide bonds. The third-order valence-electron chi connectivity index (χ3n) is 5.29. The van der Waals surface area contributed by atoms with Crippen molar-refractivity contribution in [3.8, 4) is 5.69 Å². The zero-order valence-corrected chi connectivity index (χ0v) is 17.4. The molecule has 4 rings (SSSR count). The minimum absolute atomic E-state index is 0. The molecule has 0 saturated carbocycles. The van der Waals surface area contributed by atoms with Crippen molar-refractivity contribution in [3.63, 3.8) is 0 Å². The van der Waals surface area contributed by atoms with Gasteiger partial charge in [-0.1, -0.05) is 23.4 Å². The summed E-state index contributed by atoms with van der Waals surface area (Å²) in [5.74, 6) is -0.216. The van der Waals surface area contributed by atoms with Gasteiger partial charge in [0.05, 0.1) is 23.6 Å². The molecule has 0 spiro atoms. The largest absolute Gasteiger partial charge is 0.346 e. The highest BCUT2D eigenvalue weighted by Gasteiger charge is 2.19. The Morgan fingerprint density at radius 3 is 2.66 bits per heavy atom. The fourth-order valence-corrected chi connectivity index (χ4v) is 3.64. The topological polar surface area (TPSA) is 89.7 Å². The maximum atomic E-state index is 12.5. The quantitative estimate of drug-likeness (QED) is 0.667. The van der Waals surface area contributed by atoms with Crippen LogP contribution in [-0.4, -0.2) is 43.8 Å². The Kier molecular flexibility index (Phi) is 6.66. The number of carbonyl (C=O) groups is 1. The summed E-state index contributed by atoms with van der Waals surface area (Å²) in [6.45, 7) is 6.32. The van der Waals surface area contributed by atoms with Crippen molar-refractivity contribution >= 4 is 18.3 Å². The molecule has 1 aliphatic rings. The van der Waals surface area contributed by atoms with Gasteiger partial charge in [-0.15, -0.1) is 17.5 Å². The molecule has 29 heavy (non-hydrogen) atoms. The van der Waals surface area contributed by atoms with Crippen LogP contribution >= 0.6 is 12.4 Å². The Hall–Kier alpha value is -2.71. The normalized spacial score (nSPS) is 14.4. The van der Waals surface area contributed by atoms with Crippen molar-refractivity contribution in [2.45, 2.75) is 39.3 Å². The van der Waals surface area contributed by atoms with Crippen LogP contribution in [0.3, 0.4) is 0 Å². The highest BCUT2D eigenvalue weighted by atomic mass is 35.5. The van der Waals surface area contributed by atoms with Gasteiger partial charge in [-0.05, 0) is 51.9 Å². The van der Waals surface area contributed by atoms with E-state index in [2.05, 4.69) is 26.0 Å². The van der Waals surface area contributed by atoms with Gasteiger partial charge in [0, 0.05) is 17.8 Å². The number of halogens is 1. The number of hydrogen-bond donors (Lipinski definition) is 2. The molecule has 0 aliphatic carbocycles. The number of piperidine rings is 1. The average molecular weight is 416 g/mol. The monoisotopic (exact) mass is 415 g/mol. The van der Waals surface area contributed by atoms with Gasteiger partial charge in [0.1, 0.15) is 0 Å². The van der Waals surface area contributed by atoms with E-state index in [1.54, 1.807) is 6.20 Å². The highest BCUT2D eigenvalue weighted by molar-refractivity contribution is 5.91. The van der Waals surface area contributed by atoms with Crippen molar-refractivity contribution in [2.24, 2.45) is 0 Å². The third kappa shape index (κ3) is 4.49. The lowest BCUT2D eigenvalue weighted by atomic mass is 10.1. The summed E-state index contributed by atoms with van der Waals surface area (Å²) >= 11 is 0. The van der Waals surface area contributed by atoms with E-state index in [1.165, 1.54) is 0 Å². The summed E-state index contributed by atoms with van der Waals surface area (Å²) in [5, 5.41) is 19.1. The predicted molar refractivity (Wildman–Crippen MR) is 113 cm³/mol. The van der Waals surface area contributed by atoms with E-state index in [4.69, 9.17) is 0 Å². The van der Waals surface area contributed by atoms with E-state index >= 15 is 0 Å². The average Bonchev–Trinajstić information content (AvgIpc) is 3.33. The van der Waals surface area contributed by atoms with Crippen molar-refractivity contribution in [1.29, 1.82) is 0 Å². The van der Waals surface area contributed by atoms with Gasteiger partial charge in [-0.2, -0.15) is 5.10 Å². The number of aryl methyl sites for hydroxylation is 1. The SMILES string of the molecule is Cc1nn(-c2ccccc2)c(C)c1CNC(=O)c1cn(C2CCNCC2)nn1.Cl. The number of para-hydroxylation sites is 1. The zero-order chi connectivity index (χ0) is 19.5. The fraction of sp³-hybridized carbons (Fsp3) is 0.400. The van der Waals surface area contributed by atoms with E-state index in [0.717, 1.165) is 48.6 Å². The molecule has 0 atom stereocenters. The lowest BCUT2D eigenvalue weighted by Gasteiger charge is -2.22. The molecular weight excluding hydrogens is 390 g/mol. The second-order valence-corrected chi connectivity index (χ2v) is 7.14. The lowest BCUT2D eigenvalue weighted by Crippen LogP contribution is -2.29. The number of aromatic nitrogens is 5. The van der Waals surface area contributed by atoms with Crippen LogP contribution in [0.2, 0.25) is 0 Å². The number of amides is 1. The van der Waals surface area contributed by atoms with Crippen molar-refractivity contribution in [3.05, 3.63) is 59.2 Å². The Labute approximate surface area is 176 Å². The van der Waals surface area contributed by atoms with Crippen molar-refractivity contribution in [2.75, 3.05) is 13.1 Å². The number of rotatable bonds is 5. The summed E-state index contributed by atoms with van der Waals surface area (Å²) in [4.78, 5) is 12.5. The number of hydrogen-bond acceptors (Lipinski definition) is 5. The fourth-order valence-electron chi connectivity index (χ4n) is 3.64. The van der Waals surface area contributed by atoms with Gasteiger partial charge < -0.3 is 10.6 Å². The molecule has 0 unspecified atom stereocenters. The molecule has 1 aromatic carbocycles. The Balaban J connectivity index is 0.00000240. The number of benzene rings is 1. The van der Waals surface area contributed by atoms with Crippen LogP contribution in [-0.2, 0) is 6.54 Å². The summed E-state index contributed by atoms with van der Waals surface area (Å²) in [7, 11) is 0. The van der Waals surface area contributed by atoms with Gasteiger partial charge in [0.15, 0.2) is 5.69 Å². The van der Waals surface area contributed by atoms with Crippen molar-refractivity contribution in [1.82, 2.24) is 35.4 Å². The molecule has 1 aliphatic heterocycles. The van der Waals surface area contributed by atoms with Gasteiger partial charge in [0.25, 0.3) is 5.91 Å². The van der Waals surface area contributed by atoms with Crippen LogP contribution < -0.4 is 10.6 Å². The van der Waals surface area contributed by atoms with E-state index in [-0.39, 0.29) is 18.3 Å². The van der Waals surface area contributed by atoms with Crippen LogP contribution in [0.25, 0.3) is 5.69 Å².